The Morgan fingerprint density at radius 2 is 2.18 bits per heavy atom. The minimum atomic E-state index is 0.159. The summed E-state index contributed by atoms with van der Waals surface area (Å²) in [6.07, 6.45) is 8.19. The topological polar surface area (TPSA) is 38.0 Å². The van der Waals surface area contributed by atoms with E-state index in [1.807, 2.05) is 0 Å². The molecule has 1 aliphatic carbocycles. The lowest BCUT2D eigenvalue weighted by atomic mass is 10.1. The number of terminal acetylenes is 1. The van der Waals surface area contributed by atoms with Gasteiger partial charge in [0.05, 0.1) is 0 Å². The van der Waals surface area contributed by atoms with Gasteiger partial charge in [-0.1, -0.05) is 31.2 Å². The van der Waals surface area contributed by atoms with E-state index < -0.39 is 0 Å². The van der Waals surface area contributed by atoms with Gasteiger partial charge >= 0.3 is 0 Å². The maximum absolute atomic E-state index is 6.15. The molecule has 3 atom stereocenters. The Balaban J connectivity index is 2.12. The lowest BCUT2D eigenvalue weighted by Crippen LogP contribution is -2.31. The normalized spacial score (nSPS) is 24.1. The first-order valence-corrected chi connectivity index (χ1v) is 6.30. The highest BCUT2D eigenvalue weighted by molar-refractivity contribution is 5.37. The predicted octanol–water partition coefficient (Wildman–Crippen LogP) is 2.52. The van der Waals surface area contributed by atoms with Gasteiger partial charge in [0.25, 0.3) is 0 Å². The predicted molar refractivity (Wildman–Crippen MR) is 71.4 cm³/mol. The Labute approximate surface area is 104 Å². The van der Waals surface area contributed by atoms with Crippen molar-refractivity contribution in [3.05, 3.63) is 35.4 Å². The first-order chi connectivity index (χ1) is 8.26. The molecule has 0 aliphatic heterocycles. The van der Waals surface area contributed by atoms with Crippen LogP contribution in [0.5, 0.6) is 0 Å². The molecule has 2 rings (SSSR count). The van der Waals surface area contributed by atoms with Crippen LogP contribution in [0.25, 0.3) is 0 Å². The van der Waals surface area contributed by atoms with Gasteiger partial charge < -0.3 is 11.1 Å². The van der Waals surface area contributed by atoms with Gasteiger partial charge in [-0.15, -0.1) is 12.3 Å². The molecule has 0 radical (unpaired) electrons. The second-order valence-corrected chi connectivity index (χ2v) is 4.70. The number of fused-ring (bicyclic) bond motifs is 1. The van der Waals surface area contributed by atoms with Crippen molar-refractivity contribution in [2.45, 2.75) is 44.3 Å². The van der Waals surface area contributed by atoms with Crippen LogP contribution in [0.4, 0.5) is 0 Å². The summed E-state index contributed by atoms with van der Waals surface area (Å²) in [4.78, 5) is 0. The van der Waals surface area contributed by atoms with Crippen molar-refractivity contribution >= 4 is 0 Å². The van der Waals surface area contributed by atoms with E-state index in [2.05, 4.69) is 42.4 Å². The molecule has 17 heavy (non-hydrogen) atoms. The van der Waals surface area contributed by atoms with Gasteiger partial charge in [-0.25, -0.2) is 0 Å². The average Bonchev–Trinajstić information content (AvgIpc) is 2.66. The van der Waals surface area contributed by atoms with E-state index in [1.54, 1.807) is 0 Å². The molecule has 1 aliphatic rings. The molecule has 2 nitrogen and oxygen atoms in total. The lowest BCUT2D eigenvalue weighted by Gasteiger charge is -2.21. The van der Waals surface area contributed by atoms with E-state index in [-0.39, 0.29) is 6.04 Å². The fraction of sp³-hybridized carbons (Fsp3) is 0.467. The van der Waals surface area contributed by atoms with E-state index in [0.717, 1.165) is 19.3 Å². The van der Waals surface area contributed by atoms with Gasteiger partial charge in [0.2, 0.25) is 0 Å². The Bertz CT molecular complexity index is 419. The summed E-state index contributed by atoms with van der Waals surface area (Å²) in [5.74, 6) is 2.73. The van der Waals surface area contributed by atoms with Gasteiger partial charge in [0, 0.05) is 24.5 Å². The number of hydrogen-bond donors (Lipinski definition) is 2. The monoisotopic (exact) mass is 228 g/mol. The standard InChI is InChI=1S/C15H20N2/c1-3-7-11(4-2)17-15-10-14(16)12-8-5-6-9-13(12)15/h1,5-6,8-9,11,14-15,17H,4,7,10,16H2,2H3. The summed E-state index contributed by atoms with van der Waals surface area (Å²) in [6, 6.07) is 9.34. The van der Waals surface area contributed by atoms with Gasteiger partial charge in [-0.3, -0.25) is 0 Å². The molecule has 2 heteroatoms. The lowest BCUT2D eigenvalue weighted by molar-refractivity contribution is 0.414. The highest BCUT2D eigenvalue weighted by atomic mass is 15.0. The quantitative estimate of drug-likeness (QED) is 0.777. The summed E-state index contributed by atoms with van der Waals surface area (Å²) in [7, 11) is 0. The molecule has 0 heterocycles. The number of benzene rings is 1. The maximum Gasteiger partial charge on any atom is 0.0344 e. The third-order valence-electron chi connectivity index (χ3n) is 3.55. The molecule has 3 N–H and O–H groups in total. The zero-order chi connectivity index (χ0) is 12.3. The molecule has 0 saturated heterocycles. The van der Waals surface area contributed by atoms with E-state index in [4.69, 9.17) is 12.2 Å². The molecule has 0 bridgehead atoms. The number of nitrogens with two attached hydrogens (primary N) is 1. The zero-order valence-corrected chi connectivity index (χ0v) is 10.3. The number of nitrogens with one attached hydrogen (secondary N) is 1. The second kappa shape index (κ2) is 5.35. The van der Waals surface area contributed by atoms with E-state index >= 15 is 0 Å². The van der Waals surface area contributed by atoms with Crippen molar-refractivity contribution in [1.29, 1.82) is 0 Å². The molecule has 0 saturated carbocycles. The third kappa shape index (κ3) is 2.52. The van der Waals surface area contributed by atoms with Gasteiger partial charge in [-0.2, -0.15) is 0 Å². The number of rotatable bonds is 4. The van der Waals surface area contributed by atoms with Crippen LogP contribution >= 0.6 is 0 Å². The molecule has 3 unspecified atom stereocenters. The van der Waals surface area contributed by atoms with Crippen LogP contribution in [0.2, 0.25) is 0 Å². The summed E-state index contributed by atoms with van der Waals surface area (Å²) in [5, 5.41) is 3.63. The summed E-state index contributed by atoms with van der Waals surface area (Å²) >= 11 is 0. The molecule has 1 aromatic rings. The molecular formula is C15H20N2. The summed E-state index contributed by atoms with van der Waals surface area (Å²) < 4.78 is 0. The molecule has 0 spiro atoms. The number of hydrogen-bond acceptors (Lipinski definition) is 2. The van der Waals surface area contributed by atoms with Crippen molar-refractivity contribution in [2.75, 3.05) is 0 Å². The maximum atomic E-state index is 6.15. The molecule has 90 valence electrons. The first kappa shape index (κ1) is 12.2. The fourth-order valence-electron chi connectivity index (χ4n) is 2.58. The smallest absolute Gasteiger partial charge is 0.0344 e. The Hall–Kier alpha value is -1.30. The van der Waals surface area contributed by atoms with Crippen LogP contribution in [0.1, 0.15) is 49.4 Å². The third-order valence-corrected chi connectivity index (χ3v) is 3.55. The van der Waals surface area contributed by atoms with E-state index in [0.29, 0.717) is 12.1 Å². The fourth-order valence-corrected chi connectivity index (χ4v) is 2.58. The SMILES string of the molecule is C#CCC(CC)NC1CC(N)c2ccccc21. The van der Waals surface area contributed by atoms with Crippen LogP contribution < -0.4 is 11.1 Å². The minimum Gasteiger partial charge on any atom is -0.324 e. The largest absolute Gasteiger partial charge is 0.324 e. The molecule has 0 amide bonds. The summed E-state index contributed by atoms with van der Waals surface area (Å²) in [5.41, 5.74) is 8.77. The Kier molecular flexibility index (Phi) is 3.83. The van der Waals surface area contributed by atoms with Crippen molar-refractivity contribution in [3.8, 4) is 12.3 Å². The van der Waals surface area contributed by atoms with Crippen molar-refractivity contribution in [2.24, 2.45) is 5.73 Å². The van der Waals surface area contributed by atoms with Crippen LogP contribution in [0.3, 0.4) is 0 Å². The van der Waals surface area contributed by atoms with Crippen LogP contribution in [-0.4, -0.2) is 6.04 Å². The minimum absolute atomic E-state index is 0.159. The highest BCUT2D eigenvalue weighted by Gasteiger charge is 2.28. The Morgan fingerprint density at radius 1 is 1.47 bits per heavy atom. The Morgan fingerprint density at radius 3 is 2.82 bits per heavy atom. The van der Waals surface area contributed by atoms with E-state index in [1.165, 1.54) is 11.1 Å². The molecular weight excluding hydrogens is 208 g/mol. The first-order valence-electron chi connectivity index (χ1n) is 6.30. The second-order valence-electron chi connectivity index (χ2n) is 4.70. The van der Waals surface area contributed by atoms with Gasteiger partial charge in [0.1, 0.15) is 0 Å². The van der Waals surface area contributed by atoms with Crippen LogP contribution in [-0.2, 0) is 0 Å². The van der Waals surface area contributed by atoms with Crippen LogP contribution in [0.15, 0.2) is 24.3 Å². The van der Waals surface area contributed by atoms with Crippen molar-refractivity contribution < 1.29 is 0 Å². The van der Waals surface area contributed by atoms with Gasteiger partial charge in [-0.05, 0) is 24.0 Å². The van der Waals surface area contributed by atoms with Crippen molar-refractivity contribution in [1.82, 2.24) is 5.32 Å². The molecule has 0 fully saturated rings. The van der Waals surface area contributed by atoms with Crippen LogP contribution in [0, 0.1) is 12.3 Å². The zero-order valence-electron chi connectivity index (χ0n) is 10.3. The van der Waals surface area contributed by atoms with Crippen molar-refractivity contribution in [3.63, 3.8) is 0 Å². The average molecular weight is 228 g/mol. The van der Waals surface area contributed by atoms with E-state index in [9.17, 15) is 0 Å². The molecule has 0 aromatic heterocycles. The van der Waals surface area contributed by atoms with Gasteiger partial charge in [0.15, 0.2) is 0 Å². The summed E-state index contributed by atoms with van der Waals surface area (Å²) in [6.45, 7) is 2.16. The highest BCUT2D eigenvalue weighted by Crippen LogP contribution is 2.37. The molecule has 1 aromatic carbocycles.